The number of hydrogen-bond donors (Lipinski definition) is 2. The number of rotatable bonds is 1. The Hall–Kier alpha value is -0.630. The van der Waals surface area contributed by atoms with Gasteiger partial charge in [0.1, 0.15) is 0 Å². The largest absolute Gasteiger partial charge is 0.398 e. The molecule has 11 heavy (non-hydrogen) atoms. The molecule has 0 amide bonds. The molecule has 0 aliphatic heterocycles. The molecule has 2 heteroatoms. The van der Waals surface area contributed by atoms with Crippen LogP contribution >= 0.6 is 12.6 Å². The zero-order chi connectivity index (χ0) is 8.43. The van der Waals surface area contributed by atoms with Crippen molar-refractivity contribution in [2.45, 2.75) is 24.7 Å². The fourth-order valence-corrected chi connectivity index (χ4v) is 1.07. The molecule has 1 aromatic rings. The minimum Gasteiger partial charge on any atom is -0.398 e. The highest BCUT2D eigenvalue weighted by molar-refractivity contribution is 7.80. The van der Waals surface area contributed by atoms with Gasteiger partial charge in [-0.3, -0.25) is 0 Å². The third kappa shape index (κ3) is 1.90. The standard InChI is InChI=1S/C9H13NS/c1-6(2)7-3-4-9(11)8(10)5-7/h3-6,11H,10H2,1-2H3. The summed E-state index contributed by atoms with van der Waals surface area (Å²) in [7, 11) is 0. The molecule has 0 atom stereocenters. The second kappa shape index (κ2) is 3.18. The summed E-state index contributed by atoms with van der Waals surface area (Å²) in [5.74, 6) is 0.534. The molecule has 1 nitrogen and oxygen atoms in total. The van der Waals surface area contributed by atoms with Gasteiger partial charge < -0.3 is 5.73 Å². The predicted molar refractivity (Wildman–Crippen MR) is 52.2 cm³/mol. The van der Waals surface area contributed by atoms with Gasteiger partial charge in [0.05, 0.1) is 0 Å². The van der Waals surface area contributed by atoms with Gasteiger partial charge in [-0.2, -0.15) is 0 Å². The van der Waals surface area contributed by atoms with Crippen molar-refractivity contribution in [2.75, 3.05) is 5.73 Å². The number of thiol groups is 1. The molecule has 0 fully saturated rings. The van der Waals surface area contributed by atoms with Gasteiger partial charge in [0, 0.05) is 10.6 Å². The van der Waals surface area contributed by atoms with Gasteiger partial charge in [-0.05, 0) is 23.6 Å². The second-order valence-corrected chi connectivity index (χ2v) is 3.45. The van der Waals surface area contributed by atoms with E-state index in [1.165, 1.54) is 5.56 Å². The number of anilines is 1. The Kier molecular flexibility index (Phi) is 2.45. The lowest BCUT2D eigenvalue weighted by Crippen LogP contribution is -1.91. The molecule has 0 spiro atoms. The summed E-state index contributed by atoms with van der Waals surface area (Å²) < 4.78 is 0. The minimum absolute atomic E-state index is 0.534. The SMILES string of the molecule is CC(C)c1ccc(S)c(N)c1. The molecule has 0 aliphatic carbocycles. The van der Waals surface area contributed by atoms with Crippen LogP contribution in [0.2, 0.25) is 0 Å². The van der Waals surface area contributed by atoms with E-state index in [9.17, 15) is 0 Å². The first-order valence-electron chi connectivity index (χ1n) is 3.69. The van der Waals surface area contributed by atoms with E-state index < -0.39 is 0 Å². The van der Waals surface area contributed by atoms with Gasteiger partial charge in [-0.15, -0.1) is 12.6 Å². The number of nitrogen functional groups attached to an aromatic ring is 1. The van der Waals surface area contributed by atoms with Gasteiger partial charge >= 0.3 is 0 Å². The number of benzene rings is 1. The topological polar surface area (TPSA) is 26.0 Å². The van der Waals surface area contributed by atoms with E-state index in [0.29, 0.717) is 5.92 Å². The van der Waals surface area contributed by atoms with Gasteiger partial charge in [0.2, 0.25) is 0 Å². The van der Waals surface area contributed by atoms with E-state index in [0.717, 1.165) is 10.6 Å². The van der Waals surface area contributed by atoms with E-state index >= 15 is 0 Å². The molecule has 0 aliphatic rings. The van der Waals surface area contributed by atoms with Crippen molar-refractivity contribution in [3.05, 3.63) is 23.8 Å². The second-order valence-electron chi connectivity index (χ2n) is 2.97. The Morgan fingerprint density at radius 2 is 2.00 bits per heavy atom. The molecule has 0 aromatic heterocycles. The normalized spacial score (nSPS) is 10.5. The van der Waals surface area contributed by atoms with Gasteiger partial charge in [0.15, 0.2) is 0 Å². The van der Waals surface area contributed by atoms with E-state index in [1.54, 1.807) is 0 Å². The van der Waals surface area contributed by atoms with Crippen LogP contribution in [-0.2, 0) is 0 Å². The van der Waals surface area contributed by atoms with Crippen molar-refractivity contribution in [2.24, 2.45) is 0 Å². The average molecular weight is 167 g/mol. The van der Waals surface area contributed by atoms with E-state index in [-0.39, 0.29) is 0 Å². The molecule has 1 rings (SSSR count). The van der Waals surface area contributed by atoms with Crippen molar-refractivity contribution in [3.8, 4) is 0 Å². The third-order valence-corrected chi connectivity index (χ3v) is 2.13. The van der Waals surface area contributed by atoms with Crippen LogP contribution < -0.4 is 5.73 Å². The van der Waals surface area contributed by atoms with Crippen LogP contribution in [0, 0.1) is 0 Å². The average Bonchev–Trinajstić information content (AvgIpc) is 1.94. The highest BCUT2D eigenvalue weighted by Gasteiger charge is 2.00. The molecule has 0 heterocycles. The van der Waals surface area contributed by atoms with Crippen molar-refractivity contribution < 1.29 is 0 Å². The highest BCUT2D eigenvalue weighted by Crippen LogP contribution is 2.22. The van der Waals surface area contributed by atoms with Crippen LogP contribution in [0.4, 0.5) is 5.69 Å². The summed E-state index contributed by atoms with van der Waals surface area (Å²) in [6.07, 6.45) is 0. The first kappa shape index (κ1) is 8.47. The Morgan fingerprint density at radius 3 is 2.45 bits per heavy atom. The van der Waals surface area contributed by atoms with Crippen molar-refractivity contribution in [3.63, 3.8) is 0 Å². The fraction of sp³-hybridized carbons (Fsp3) is 0.333. The van der Waals surface area contributed by atoms with Crippen LogP contribution in [0.3, 0.4) is 0 Å². The summed E-state index contributed by atoms with van der Waals surface area (Å²) >= 11 is 4.19. The summed E-state index contributed by atoms with van der Waals surface area (Å²) in [5.41, 5.74) is 7.71. The summed E-state index contributed by atoms with van der Waals surface area (Å²) in [5, 5.41) is 0. The van der Waals surface area contributed by atoms with Crippen LogP contribution in [0.5, 0.6) is 0 Å². The van der Waals surface area contributed by atoms with E-state index in [2.05, 4.69) is 32.5 Å². The maximum atomic E-state index is 5.68. The fourth-order valence-electron chi connectivity index (χ4n) is 0.932. The maximum absolute atomic E-state index is 5.68. The molecular formula is C9H13NS. The molecule has 0 unspecified atom stereocenters. The Labute approximate surface area is 73.0 Å². The van der Waals surface area contributed by atoms with Crippen molar-refractivity contribution in [1.82, 2.24) is 0 Å². The van der Waals surface area contributed by atoms with Crippen LogP contribution in [0.25, 0.3) is 0 Å². The maximum Gasteiger partial charge on any atom is 0.0452 e. The Balaban J connectivity index is 3.05. The molecule has 0 bridgehead atoms. The van der Waals surface area contributed by atoms with E-state index in [4.69, 9.17) is 5.73 Å². The smallest absolute Gasteiger partial charge is 0.0452 e. The lowest BCUT2D eigenvalue weighted by atomic mass is 10.0. The lowest BCUT2D eigenvalue weighted by Gasteiger charge is -2.06. The summed E-state index contributed by atoms with van der Waals surface area (Å²) in [6.45, 7) is 4.29. The van der Waals surface area contributed by atoms with E-state index in [1.807, 2.05) is 12.1 Å². The van der Waals surface area contributed by atoms with Gasteiger partial charge in [0.25, 0.3) is 0 Å². The van der Waals surface area contributed by atoms with Gasteiger partial charge in [-0.1, -0.05) is 19.9 Å². The zero-order valence-electron chi connectivity index (χ0n) is 6.83. The first-order valence-corrected chi connectivity index (χ1v) is 4.14. The molecule has 0 radical (unpaired) electrons. The van der Waals surface area contributed by atoms with Crippen molar-refractivity contribution >= 4 is 18.3 Å². The Morgan fingerprint density at radius 1 is 1.36 bits per heavy atom. The summed E-state index contributed by atoms with van der Waals surface area (Å²) in [6, 6.07) is 5.98. The quantitative estimate of drug-likeness (QED) is 0.488. The Bertz CT molecular complexity index is 256. The third-order valence-electron chi connectivity index (χ3n) is 1.72. The predicted octanol–water partition coefficient (Wildman–Crippen LogP) is 2.68. The molecule has 60 valence electrons. The highest BCUT2D eigenvalue weighted by atomic mass is 32.1. The molecular weight excluding hydrogens is 154 g/mol. The molecule has 0 saturated carbocycles. The minimum atomic E-state index is 0.534. The molecule has 0 saturated heterocycles. The van der Waals surface area contributed by atoms with Crippen LogP contribution in [-0.4, -0.2) is 0 Å². The van der Waals surface area contributed by atoms with Gasteiger partial charge in [-0.25, -0.2) is 0 Å². The number of nitrogens with two attached hydrogens (primary N) is 1. The van der Waals surface area contributed by atoms with Crippen LogP contribution in [0.15, 0.2) is 23.1 Å². The zero-order valence-corrected chi connectivity index (χ0v) is 7.73. The lowest BCUT2D eigenvalue weighted by molar-refractivity contribution is 0.865. The molecule has 1 aromatic carbocycles. The number of hydrogen-bond acceptors (Lipinski definition) is 2. The first-order chi connectivity index (χ1) is 5.11. The van der Waals surface area contributed by atoms with Crippen molar-refractivity contribution in [1.29, 1.82) is 0 Å². The summed E-state index contributed by atoms with van der Waals surface area (Å²) in [4.78, 5) is 0.856. The van der Waals surface area contributed by atoms with Crippen LogP contribution in [0.1, 0.15) is 25.3 Å². The monoisotopic (exact) mass is 167 g/mol. The molecule has 2 N–H and O–H groups in total.